The molecule has 316 valence electrons. The van der Waals surface area contributed by atoms with Gasteiger partial charge >= 0.3 is 0 Å². The van der Waals surface area contributed by atoms with Crippen molar-refractivity contribution in [2.45, 2.75) is 0 Å². The highest BCUT2D eigenvalue weighted by Crippen LogP contribution is 2.43. The zero-order valence-corrected chi connectivity index (χ0v) is 36.6. The van der Waals surface area contributed by atoms with E-state index >= 15 is 0 Å². The van der Waals surface area contributed by atoms with Crippen molar-refractivity contribution in [1.82, 2.24) is 19.5 Å². The molecule has 0 saturated carbocycles. The maximum absolute atomic E-state index is 6.57. The summed E-state index contributed by atoms with van der Waals surface area (Å²) in [5, 5.41) is 11.8. The molecule has 0 unspecified atom stereocenters. The molecule has 68 heavy (non-hydrogen) atoms. The predicted molar refractivity (Wildman–Crippen MR) is 281 cm³/mol. The molecule has 0 amide bonds. The average molecular weight is 867 g/mol. The van der Waals surface area contributed by atoms with Gasteiger partial charge in [0.15, 0.2) is 17.5 Å². The number of hydrogen-bond acceptors (Lipinski definition) is 4. The smallest absolute Gasteiger partial charge is 0.164 e. The van der Waals surface area contributed by atoms with Gasteiger partial charge in [-0.2, -0.15) is 0 Å². The van der Waals surface area contributed by atoms with Crippen LogP contribution in [0.5, 0.6) is 0 Å². The van der Waals surface area contributed by atoms with Crippen molar-refractivity contribution in [3.8, 4) is 62.1 Å². The van der Waals surface area contributed by atoms with E-state index in [0.717, 1.165) is 55.4 Å². The molecule has 0 radical (unpaired) electrons. The Morgan fingerprint density at radius 3 is 1.38 bits per heavy atom. The zero-order chi connectivity index (χ0) is 44.7. The summed E-state index contributed by atoms with van der Waals surface area (Å²) in [6.07, 6.45) is 0. The maximum atomic E-state index is 6.57. The summed E-state index contributed by atoms with van der Waals surface area (Å²) in [5.74, 6) is 1.84. The van der Waals surface area contributed by atoms with Crippen LogP contribution in [-0.4, -0.2) is 19.5 Å². The van der Waals surface area contributed by atoms with Gasteiger partial charge < -0.3 is 8.98 Å². The molecule has 0 atom stereocenters. The predicted octanol–water partition coefficient (Wildman–Crippen LogP) is 16.7. The highest BCUT2D eigenvalue weighted by molar-refractivity contribution is 6.26. The highest BCUT2D eigenvalue weighted by atomic mass is 16.3. The number of furan rings is 1. The standard InChI is InChI=1S/C63H38N4O/c1-4-15-39(16-5-1)61-64-62(40-17-6-2-7-18-40)66-63(65-61)51-24-14-26-59-60(51)55-38-44(30-34-58(55)68-59)42-28-32-49-47-22-11-10-21-46(47)48-31-27-41(35-52(48)53(49)36-42)43-29-33-57-54(37-43)50-23-12-13-25-56(50)67(57)45-19-8-3-9-20-45/h1-38H. The molecule has 14 rings (SSSR count). The fraction of sp³-hybridized carbons (Fsp3) is 0. The second kappa shape index (κ2) is 15.2. The number of hydrogen-bond donors (Lipinski definition) is 0. The monoisotopic (exact) mass is 866 g/mol. The first-order valence-corrected chi connectivity index (χ1v) is 23.0. The lowest BCUT2D eigenvalue weighted by Gasteiger charge is -2.14. The first-order valence-electron chi connectivity index (χ1n) is 23.0. The van der Waals surface area contributed by atoms with Gasteiger partial charge in [-0.05, 0) is 115 Å². The molecular weight excluding hydrogens is 829 g/mol. The van der Waals surface area contributed by atoms with Crippen LogP contribution in [0.3, 0.4) is 0 Å². The molecule has 0 saturated heterocycles. The van der Waals surface area contributed by atoms with Gasteiger partial charge in [0.05, 0.1) is 11.0 Å². The molecule has 5 heteroatoms. The van der Waals surface area contributed by atoms with Crippen molar-refractivity contribution < 1.29 is 4.42 Å². The SMILES string of the molecule is c1ccc(-c2nc(-c3ccccc3)nc(-c3cccc4oc5ccc(-c6ccc7c8ccccc8c8ccc(-c9ccc%10c(c9)c9ccccc9n%10-c9ccccc9)cc8c7c6)cc5c34)n2)cc1. The summed E-state index contributed by atoms with van der Waals surface area (Å²) in [7, 11) is 0. The molecule has 0 bridgehead atoms. The molecule has 0 N–H and O–H groups in total. The topological polar surface area (TPSA) is 56.7 Å². The fourth-order valence-electron chi connectivity index (χ4n) is 10.4. The Balaban J connectivity index is 0.936. The Labute approximate surface area is 390 Å². The van der Waals surface area contributed by atoms with Crippen LogP contribution in [-0.2, 0) is 0 Å². The van der Waals surface area contributed by atoms with E-state index < -0.39 is 0 Å². The Bertz CT molecular complexity index is 4250. The second-order valence-corrected chi connectivity index (χ2v) is 17.5. The van der Waals surface area contributed by atoms with Crippen molar-refractivity contribution in [1.29, 1.82) is 0 Å². The van der Waals surface area contributed by atoms with E-state index in [-0.39, 0.29) is 0 Å². The van der Waals surface area contributed by atoms with E-state index in [1.807, 2.05) is 72.8 Å². The Kier molecular flexibility index (Phi) is 8.52. The number of para-hydroxylation sites is 2. The van der Waals surface area contributed by atoms with Crippen molar-refractivity contribution >= 4 is 76.1 Å². The first kappa shape index (κ1) is 38.1. The molecule has 11 aromatic carbocycles. The summed E-state index contributed by atoms with van der Waals surface area (Å²) >= 11 is 0. The lowest BCUT2D eigenvalue weighted by molar-refractivity contribution is 0.669. The van der Waals surface area contributed by atoms with Gasteiger partial charge in [0.1, 0.15) is 11.2 Å². The normalized spacial score (nSPS) is 11.8. The summed E-state index contributed by atoms with van der Waals surface area (Å²) in [6, 6.07) is 81.9. The van der Waals surface area contributed by atoms with Gasteiger partial charge in [0.2, 0.25) is 0 Å². The van der Waals surface area contributed by atoms with Gasteiger partial charge in [-0.15, -0.1) is 0 Å². The van der Waals surface area contributed by atoms with Crippen LogP contribution in [0.4, 0.5) is 0 Å². The minimum Gasteiger partial charge on any atom is -0.456 e. The van der Waals surface area contributed by atoms with Gasteiger partial charge in [0, 0.05) is 43.9 Å². The van der Waals surface area contributed by atoms with E-state index in [1.165, 1.54) is 65.3 Å². The van der Waals surface area contributed by atoms with E-state index in [2.05, 4.69) is 162 Å². The van der Waals surface area contributed by atoms with Crippen LogP contribution in [0.15, 0.2) is 235 Å². The van der Waals surface area contributed by atoms with Crippen molar-refractivity contribution in [3.63, 3.8) is 0 Å². The van der Waals surface area contributed by atoms with Crippen LogP contribution < -0.4 is 0 Å². The molecule has 3 heterocycles. The molecular formula is C63H38N4O. The Hall–Kier alpha value is -9.19. The third-order valence-electron chi connectivity index (χ3n) is 13.6. The number of fused-ring (bicyclic) bond motifs is 12. The van der Waals surface area contributed by atoms with Crippen LogP contribution in [0.25, 0.3) is 138 Å². The number of benzene rings is 11. The zero-order valence-electron chi connectivity index (χ0n) is 36.6. The van der Waals surface area contributed by atoms with Crippen molar-refractivity contribution in [3.05, 3.63) is 231 Å². The van der Waals surface area contributed by atoms with Crippen LogP contribution >= 0.6 is 0 Å². The first-order chi connectivity index (χ1) is 33.7. The summed E-state index contributed by atoms with van der Waals surface area (Å²) < 4.78 is 8.94. The van der Waals surface area contributed by atoms with Gasteiger partial charge in [-0.25, -0.2) is 15.0 Å². The third-order valence-corrected chi connectivity index (χ3v) is 13.6. The van der Waals surface area contributed by atoms with E-state index in [0.29, 0.717) is 17.5 Å². The number of rotatable bonds is 6. The fourth-order valence-corrected chi connectivity index (χ4v) is 10.4. The quantitative estimate of drug-likeness (QED) is 0.156. The molecule has 0 aliphatic rings. The minimum atomic E-state index is 0.595. The molecule has 14 aromatic rings. The van der Waals surface area contributed by atoms with E-state index in [1.54, 1.807) is 0 Å². The van der Waals surface area contributed by atoms with Crippen LogP contribution in [0.1, 0.15) is 0 Å². The second-order valence-electron chi connectivity index (χ2n) is 17.5. The van der Waals surface area contributed by atoms with Crippen molar-refractivity contribution in [2.75, 3.05) is 0 Å². The van der Waals surface area contributed by atoms with Gasteiger partial charge in [-0.1, -0.05) is 170 Å². The lowest BCUT2D eigenvalue weighted by Crippen LogP contribution is -2.00. The Morgan fingerprint density at radius 1 is 0.279 bits per heavy atom. The molecule has 0 aliphatic carbocycles. The van der Waals surface area contributed by atoms with Crippen molar-refractivity contribution in [2.24, 2.45) is 0 Å². The summed E-state index contributed by atoms with van der Waals surface area (Å²) in [5.41, 5.74) is 12.5. The maximum Gasteiger partial charge on any atom is 0.164 e. The average Bonchev–Trinajstić information content (AvgIpc) is 3.96. The molecule has 0 fully saturated rings. The van der Waals surface area contributed by atoms with Crippen LogP contribution in [0, 0.1) is 0 Å². The molecule has 5 nitrogen and oxygen atoms in total. The van der Waals surface area contributed by atoms with Gasteiger partial charge in [-0.3, -0.25) is 0 Å². The Morgan fingerprint density at radius 2 is 0.750 bits per heavy atom. The lowest BCUT2D eigenvalue weighted by atomic mass is 9.90. The summed E-state index contributed by atoms with van der Waals surface area (Å²) in [6.45, 7) is 0. The highest BCUT2D eigenvalue weighted by Gasteiger charge is 2.20. The summed E-state index contributed by atoms with van der Waals surface area (Å²) in [4.78, 5) is 15.2. The molecule has 0 spiro atoms. The largest absolute Gasteiger partial charge is 0.456 e. The molecule has 3 aromatic heterocycles. The minimum absolute atomic E-state index is 0.595. The van der Waals surface area contributed by atoms with Crippen LogP contribution in [0.2, 0.25) is 0 Å². The van der Waals surface area contributed by atoms with Gasteiger partial charge in [0.25, 0.3) is 0 Å². The van der Waals surface area contributed by atoms with E-state index in [4.69, 9.17) is 19.4 Å². The van der Waals surface area contributed by atoms with E-state index in [9.17, 15) is 0 Å². The number of aromatic nitrogens is 4. The number of nitrogens with zero attached hydrogens (tertiary/aromatic N) is 4. The third kappa shape index (κ3) is 6.06. The molecule has 0 aliphatic heterocycles.